The van der Waals surface area contributed by atoms with Crippen molar-refractivity contribution in [3.8, 4) is 0 Å². The molecule has 2 heterocycles. The van der Waals surface area contributed by atoms with E-state index in [-0.39, 0.29) is 5.91 Å². The van der Waals surface area contributed by atoms with Gasteiger partial charge in [-0.3, -0.25) is 14.5 Å². The standard InChI is InChI=1S/C16H20N4O/c1-20-11-14(15(19-20)12-5-3-2-4-6-12)16(21)18-13-7-9-17-10-8-13/h7-12H,2-6H2,1H3,(H,17,18,21). The molecule has 0 spiro atoms. The van der Waals surface area contributed by atoms with Gasteiger partial charge in [0.2, 0.25) is 0 Å². The Balaban J connectivity index is 1.82. The summed E-state index contributed by atoms with van der Waals surface area (Å²) in [6.07, 6.45) is 11.2. The molecule has 1 amide bonds. The van der Waals surface area contributed by atoms with Gasteiger partial charge in [0.15, 0.2) is 0 Å². The van der Waals surface area contributed by atoms with Gasteiger partial charge >= 0.3 is 0 Å². The molecule has 21 heavy (non-hydrogen) atoms. The first-order valence-corrected chi connectivity index (χ1v) is 7.49. The predicted octanol–water partition coefficient (Wildman–Crippen LogP) is 3.12. The Kier molecular flexibility index (Phi) is 3.99. The lowest BCUT2D eigenvalue weighted by molar-refractivity contribution is 0.102. The second-order valence-corrected chi connectivity index (χ2v) is 5.63. The highest BCUT2D eigenvalue weighted by Crippen LogP contribution is 2.33. The van der Waals surface area contributed by atoms with Crippen molar-refractivity contribution in [2.24, 2.45) is 7.05 Å². The average Bonchev–Trinajstić information content (AvgIpc) is 2.91. The first-order valence-electron chi connectivity index (χ1n) is 7.49. The number of aromatic nitrogens is 3. The smallest absolute Gasteiger partial charge is 0.259 e. The van der Waals surface area contributed by atoms with Gasteiger partial charge < -0.3 is 5.32 Å². The summed E-state index contributed by atoms with van der Waals surface area (Å²) >= 11 is 0. The maximum atomic E-state index is 12.5. The van der Waals surface area contributed by atoms with Crippen LogP contribution in [0.2, 0.25) is 0 Å². The zero-order chi connectivity index (χ0) is 14.7. The number of carbonyl (C=O) groups is 1. The molecule has 5 nitrogen and oxygen atoms in total. The number of hydrogen-bond donors (Lipinski definition) is 1. The molecule has 0 unspecified atom stereocenters. The van der Waals surface area contributed by atoms with Crippen molar-refractivity contribution in [3.63, 3.8) is 0 Å². The van der Waals surface area contributed by atoms with Crippen LogP contribution in [0.1, 0.15) is 54.1 Å². The molecule has 110 valence electrons. The number of rotatable bonds is 3. The number of nitrogens with zero attached hydrogens (tertiary/aromatic N) is 3. The molecule has 0 aliphatic heterocycles. The lowest BCUT2D eigenvalue weighted by atomic mass is 9.85. The van der Waals surface area contributed by atoms with E-state index in [1.807, 2.05) is 13.2 Å². The van der Waals surface area contributed by atoms with Crippen LogP contribution >= 0.6 is 0 Å². The van der Waals surface area contributed by atoms with Crippen molar-refractivity contribution in [1.82, 2.24) is 14.8 Å². The van der Waals surface area contributed by atoms with E-state index in [1.54, 1.807) is 29.2 Å². The number of anilines is 1. The van der Waals surface area contributed by atoms with Gasteiger partial charge in [0.25, 0.3) is 5.91 Å². The summed E-state index contributed by atoms with van der Waals surface area (Å²) in [5.74, 6) is 0.327. The van der Waals surface area contributed by atoms with Crippen LogP contribution in [0.25, 0.3) is 0 Å². The normalized spacial score (nSPS) is 15.9. The predicted molar refractivity (Wildman–Crippen MR) is 81.2 cm³/mol. The number of nitrogens with one attached hydrogen (secondary N) is 1. The fraction of sp³-hybridized carbons (Fsp3) is 0.438. The van der Waals surface area contributed by atoms with Crippen molar-refractivity contribution in [1.29, 1.82) is 0 Å². The zero-order valence-electron chi connectivity index (χ0n) is 12.2. The lowest BCUT2D eigenvalue weighted by Crippen LogP contribution is -2.16. The van der Waals surface area contributed by atoms with Gasteiger partial charge in [0.1, 0.15) is 0 Å². The van der Waals surface area contributed by atoms with E-state index in [4.69, 9.17) is 0 Å². The van der Waals surface area contributed by atoms with Crippen LogP contribution < -0.4 is 5.32 Å². The van der Waals surface area contributed by atoms with Crippen LogP contribution in [0.5, 0.6) is 0 Å². The molecule has 5 heteroatoms. The van der Waals surface area contributed by atoms with E-state index in [9.17, 15) is 4.79 Å². The average molecular weight is 284 g/mol. The molecule has 1 saturated carbocycles. The van der Waals surface area contributed by atoms with Crippen molar-refractivity contribution < 1.29 is 4.79 Å². The Labute approximate surface area is 124 Å². The van der Waals surface area contributed by atoms with E-state index < -0.39 is 0 Å². The molecular formula is C16H20N4O. The molecule has 1 N–H and O–H groups in total. The molecule has 0 radical (unpaired) electrons. The molecular weight excluding hydrogens is 264 g/mol. The molecule has 1 aliphatic carbocycles. The fourth-order valence-electron chi connectivity index (χ4n) is 2.99. The summed E-state index contributed by atoms with van der Waals surface area (Å²) in [6, 6.07) is 3.57. The third kappa shape index (κ3) is 3.12. The number of carbonyl (C=O) groups excluding carboxylic acids is 1. The van der Waals surface area contributed by atoms with E-state index in [0.29, 0.717) is 11.5 Å². The summed E-state index contributed by atoms with van der Waals surface area (Å²) in [4.78, 5) is 16.5. The summed E-state index contributed by atoms with van der Waals surface area (Å²) in [5, 5.41) is 7.46. The van der Waals surface area contributed by atoms with Crippen LogP contribution in [0.15, 0.2) is 30.7 Å². The number of aryl methyl sites for hydroxylation is 1. The van der Waals surface area contributed by atoms with Gasteiger partial charge in [-0.05, 0) is 25.0 Å². The first kappa shape index (κ1) is 13.8. The van der Waals surface area contributed by atoms with Gasteiger partial charge in [-0.2, -0.15) is 5.10 Å². The Morgan fingerprint density at radius 3 is 2.67 bits per heavy atom. The fourth-order valence-corrected chi connectivity index (χ4v) is 2.99. The zero-order valence-corrected chi connectivity index (χ0v) is 12.2. The lowest BCUT2D eigenvalue weighted by Gasteiger charge is -2.20. The van der Waals surface area contributed by atoms with Gasteiger partial charge in [-0.15, -0.1) is 0 Å². The van der Waals surface area contributed by atoms with Crippen LogP contribution in [-0.4, -0.2) is 20.7 Å². The van der Waals surface area contributed by atoms with Crippen LogP contribution in [0.4, 0.5) is 5.69 Å². The third-order valence-corrected chi connectivity index (χ3v) is 4.03. The number of pyridine rings is 1. The topological polar surface area (TPSA) is 59.8 Å². The second kappa shape index (κ2) is 6.08. The van der Waals surface area contributed by atoms with Gasteiger partial charge in [0.05, 0.1) is 11.3 Å². The Bertz CT molecular complexity index is 614. The third-order valence-electron chi connectivity index (χ3n) is 4.03. The summed E-state index contributed by atoms with van der Waals surface area (Å²) < 4.78 is 1.74. The molecule has 1 fully saturated rings. The maximum absolute atomic E-state index is 12.5. The number of amides is 1. The second-order valence-electron chi connectivity index (χ2n) is 5.63. The molecule has 0 saturated heterocycles. The van der Waals surface area contributed by atoms with E-state index in [1.165, 1.54) is 19.3 Å². The molecule has 0 bridgehead atoms. The quantitative estimate of drug-likeness (QED) is 0.942. The molecule has 2 aromatic rings. The van der Waals surface area contributed by atoms with Crippen LogP contribution in [0.3, 0.4) is 0 Å². The van der Waals surface area contributed by atoms with Gasteiger partial charge in [-0.1, -0.05) is 19.3 Å². The van der Waals surface area contributed by atoms with Crippen molar-refractivity contribution in [2.45, 2.75) is 38.0 Å². The van der Waals surface area contributed by atoms with E-state index in [2.05, 4.69) is 15.4 Å². The van der Waals surface area contributed by atoms with Crippen LogP contribution in [-0.2, 0) is 7.05 Å². The van der Waals surface area contributed by atoms with Crippen LogP contribution in [0, 0.1) is 0 Å². The van der Waals surface area contributed by atoms with Gasteiger partial charge in [-0.25, -0.2) is 0 Å². The Hall–Kier alpha value is -2.17. The molecule has 2 aromatic heterocycles. The first-order chi connectivity index (χ1) is 10.2. The molecule has 0 aromatic carbocycles. The molecule has 3 rings (SSSR count). The highest BCUT2D eigenvalue weighted by Gasteiger charge is 2.24. The summed E-state index contributed by atoms with van der Waals surface area (Å²) in [5.41, 5.74) is 2.40. The Morgan fingerprint density at radius 1 is 1.24 bits per heavy atom. The van der Waals surface area contributed by atoms with Crippen molar-refractivity contribution >= 4 is 11.6 Å². The minimum absolute atomic E-state index is 0.0881. The highest BCUT2D eigenvalue weighted by atomic mass is 16.1. The Morgan fingerprint density at radius 2 is 1.95 bits per heavy atom. The SMILES string of the molecule is Cn1cc(C(=O)Nc2ccncc2)c(C2CCCCC2)n1. The highest BCUT2D eigenvalue weighted by molar-refractivity contribution is 6.05. The minimum atomic E-state index is -0.0881. The summed E-state index contributed by atoms with van der Waals surface area (Å²) in [7, 11) is 1.87. The van der Waals surface area contributed by atoms with Crippen molar-refractivity contribution in [2.75, 3.05) is 5.32 Å². The van der Waals surface area contributed by atoms with E-state index >= 15 is 0 Å². The summed E-state index contributed by atoms with van der Waals surface area (Å²) in [6.45, 7) is 0. The largest absolute Gasteiger partial charge is 0.322 e. The maximum Gasteiger partial charge on any atom is 0.259 e. The number of hydrogen-bond acceptors (Lipinski definition) is 3. The van der Waals surface area contributed by atoms with E-state index in [0.717, 1.165) is 24.2 Å². The molecule has 0 atom stereocenters. The van der Waals surface area contributed by atoms with Gasteiger partial charge in [0, 0.05) is 37.2 Å². The van der Waals surface area contributed by atoms with Crippen molar-refractivity contribution in [3.05, 3.63) is 42.0 Å². The molecule has 1 aliphatic rings. The monoisotopic (exact) mass is 284 g/mol. The minimum Gasteiger partial charge on any atom is -0.322 e.